The van der Waals surface area contributed by atoms with E-state index in [1.807, 2.05) is 24.3 Å². The van der Waals surface area contributed by atoms with E-state index >= 15 is 0 Å². The number of amides is 12. The fourth-order valence-corrected chi connectivity index (χ4v) is 10.2. The van der Waals surface area contributed by atoms with E-state index < -0.39 is 132 Å². The van der Waals surface area contributed by atoms with Gasteiger partial charge in [0.1, 0.15) is 54.1 Å². The van der Waals surface area contributed by atoms with Gasteiger partial charge in [-0.05, 0) is 78.6 Å². The summed E-state index contributed by atoms with van der Waals surface area (Å²) in [5.74, 6) is -10.3. The maximum Gasteiger partial charge on any atom is 0.334 e. The maximum absolute atomic E-state index is 14.5. The van der Waals surface area contributed by atoms with E-state index in [9.17, 15) is 63.0 Å². The number of fused-ring (bicyclic) bond motifs is 2. The molecule has 9 atom stereocenters. The van der Waals surface area contributed by atoms with Crippen LogP contribution in [0.15, 0.2) is 121 Å². The molecule has 0 saturated heterocycles. The number of phenols is 1. The highest BCUT2D eigenvalue weighted by molar-refractivity contribution is 5.99. The Morgan fingerprint density at radius 3 is 1.50 bits per heavy atom. The van der Waals surface area contributed by atoms with E-state index in [0.29, 0.717) is 33.2 Å². The number of rotatable bonds is 33. The number of aliphatic hydroxyl groups excluding tert-OH is 1. The van der Waals surface area contributed by atoms with Gasteiger partial charge in [-0.25, -0.2) is 10.2 Å². The van der Waals surface area contributed by atoms with Crippen LogP contribution in [0.5, 0.6) is 5.75 Å². The third-order valence-electron chi connectivity index (χ3n) is 15.1. The molecule has 32 nitrogen and oxygen atoms in total. The summed E-state index contributed by atoms with van der Waals surface area (Å²) in [6, 6.07) is 15.6. The van der Waals surface area contributed by atoms with Crippen LogP contribution in [0.4, 0.5) is 4.79 Å². The number of nitrogens with one attached hydrogen (secondary N) is 13. The molecule has 526 valence electrons. The highest BCUT2D eigenvalue weighted by atomic mass is 16.4. The predicted octanol–water partition coefficient (Wildman–Crippen LogP) is -1.07. The summed E-state index contributed by atoms with van der Waals surface area (Å²) in [5.41, 5.74) is 25.4. The topological polar surface area (TPSA) is 520 Å². The molecule has 32 heteroatoms. The first-order valence-corrected chi connectivity index (χ1v) is 31.3. The van der Waals surface area contributed by atoms with Crippen molar-refractivity contribution in [2.45, 2.75) is 140 Å². The summed E-state index contributed by atoms with van der Waals surface area (Å²) in [6.07, 6.45) is 0.541. The third-order valence-corrected chi connectivity index (χ3v) is 15.1. The zero-order valence-electron chi connectivity index (χ0n) is 55.0. The van der Waals surface area contributed by atoms with Crippen molar-refractivity contribution in [3.05, 3.63) is 138 Å². The first kappa shape index (κ1) is 77.1. The second-order valence-corrected chi connectivity index (χ2v) is 23.5. The molecule has 0 spiro atoms. The third kappa shape index (κ3) is 25.3. The number of nitrogens with two attached hydrogens (primary N) is 3. The van der Waals surface area contributed by atoms with Crippen molar-refractivity contribution in [3.8, 4) is 5.75 Å². The van der Waals surface area contributed by atoms with Crippen molar-refractivity contribution < 1.29 is 72.9 Å². The van der Waals surface area contributed by atoms with Crippen molar-refractivity contribution >= 4 is 98.8 Å². The van der Waals surface area contributed by atoms with Crippen LogP contribution in [-0.4, -0.2) is 170 Å². The number of carbonyl (C=O) groups excluding carboxylic acids is 11. The lowest BCUT2D eigenvalue weighted by molar-refractivity contribution is -0.137. The van der Waals surface area contributed by atoms with Gasteiger partial charge in [0.05, 0.1) is 12.5 Å². The highest BCUT2D eigenvalue weighted by Crippen LogP contribution is 2.22. The smallest absolute Gasteiger partial charge is 0.334 e. The van der Waals surface area contributed by atoms with Crippen LogP contribution in [-0.2, 0) is 78.4 Å². The number of H-pyrrole nitrogens is 2. The second kappa shape index (κ2) is 38.1. The fraction of sp³-hybridized carbons (Fsp3) is 0.379. The number of aliphatic hydroxyl groups is 1. The van der Waals surface area contributed by atoms with Gasteiger partial charge >= 0.3 is 6.03 Å². The number of aliphatic imine (C=N–C) groups is 1. The van der Waals surface area contributed by atoms with Gasteiger partial charge in [-0.1, -0.05) is 92.7 Å². The molecule has 0 bridgehead atoms. The number of urea groups is 1. The Balaban J connectivity index is 0.00000421. The Kier molecular flexibility index (Phi) is 30.0. The lowest BCUT2D eigenvalue weighted by Crippen LogP contribution is -2.62. The molecular weight excluding hydrogens is 1270 g/mol. The monoisotopic (exact) mass is 1360 g/mol. The number of guanidine groups is 1. The number of nitrogens with zero attached hydrogens (tertiary/aromatic N) is 1. The van der Waals surface area contributed by atoms with E-state index in [4.69, 9.17) is 27.1 Å². The molecule has 22 N–H and O–H groups in total. The van der Waals surface area contributed by atoms with Gasteiger partial charge in [0.25, 0.3) is 11.9 Å². The number of hydrazine groups is 1. The Hall–Kier alpha value is -11.6. The molecule has 0 saturated carbocycles. The van der Waals surface area contributed by atoms with Gasteiger partial charge in [-0.2, -0.15) is 0 Å². The normalized spacial score (nSPS) is 13.9. The molecular formula is C66H87N17O15. The number of carboxylic acid groups (broad SMARTS) is 1. The molecule has 6 rings (SSSR count). The number of aromatic amines is 2. The van der Waals surface area contributed by atoms with Crippen LogP contribution in [0.3, 0.4) is 0 Å². The summed E-state index contributed by atoms with van der Waals surface area (Å²) in [4.78, 5) is 170. The van der Waals surface area contributed by atoms with Gasteiger partial charge in [0, 0.05) is 87.3 Å². The minimum atomic E-state index is -1.90. The minimum absolute atomic E-state index is 0.0123. The summed E-state index contributed by atoms with van der Waals surface area (Å²) < 4.78 is 0. The Labute approximate surface area is 564 Å². The highest BCUT2D eigenvalue weighted by Gasteiger charge is 2.36. The van der Waals surface area contributed by atoms with Crippen LogP contribution < -0.4 is 75.9 Å². The lowest BCUT2D eigenvalue weighted by atomic mass is 10.0. The standard InChI is InChI=1S/C64H83N17O13.C2H4O2/c1-34(2)26-48(57(88)73-46(20-13-25-69-63(67)68-5)56(87)74-47(55(66)86)29-39-32-70-44-18-11-9-16-42(39)44)78-64(94)81-80-61(92)50(27-37-14-7-6-8-15-37)77-62(93)54(35(3)82)79-60(91)52(31-53(65)85)76-59(90)51(30-40-33-71-45-19-12-10-17-43(40)45)75-58(89)49(72-36(4)83)28-38-21-23-41(84)24-22-38;1-2(3)4/h6-12,14-19,21-24,32-35,46-52,54,70-71,82,84H,13,20,25-31H2,1-5H3,(H2,65,85)(H2,66,86)(H,72,83)(H,73,88)(H,74,87)(H,75,89)(H,76,90)(H,77,93)(H,79,91)(H,80,92)(H3,67,68,69)(H2,78,81,94);1H3,(H,3,4). The van der Waals surface area contributed by atoms with Gasteiger partial charge in [0.15, 0.2) is 5.96 Å². The van der Waals surface area contributed by atoms with Crippen LogP contribution in [0.1, 0.15) is 82.6 Å². The lowest BCUT2D eigenvalue weighted by Gasteiger charge is -2.28. The number of aromatic nitrogens is 2. The Morgan fingerprint density at radius 2 is 0.969 bits per heavy atom. The van der Waals surface area contributed by atoms with E-state index in [2.05, 4.69) is 73.7 Å². The number of carbonyl (C=O) groups is 12. The van der Waals surface area contributed by atoms with E-state index in [0.717, 1.165) is 24.8 Å². The minimum Gasteiger partial charge on any atom is -0.508 e. The van der Waals surface area contributed by atoms with Gasteiger partial charge in [-0.3, -0.25) is 63.2 Å². The number of aromatic hydroxyl groups is 1. The molecule has 12 amide bonds. The summed E-state index contributed by atoms with van der Waals surface area (Å²) >= 11 is 0. The molecule has 2 heterocycles. The number of para-hydroxylation sites is 2. The van der Waals surface area contributed by atoms with Crippen molar-refractivity contribution in [2.24, 2.45) is 28.1 Å². The number of hydrogen-bond donors (Lipinski definition) is 19. The van der Waals surface area contributed by atoms with Crippen LogP contribution >= 0.6 is 0 Å². The number of hydrogen-bond acceptors (Lipinski definition) is 15. The fourth-order valence-electron chi connectivity index (χ4n) is 10.2. The number of carboxylic acids is 1. The summed E-state index contributed by atoms with van der Waals surface area (Å²) in [7, 11) is 1.48. The number of phenolic OH excluding ortho intramolecular Hbond substituents is 1. The number of benzene rings is 4. The first-order valence-electron chi connectivity index (χ1n) is 31.3. The van der Waals surface area contributed by atoms with Crippen LogP contribution in [0, 0.1) is 5.92 Å². The average Bonchev–Trinajstić information content (AvgIpc) is 1.63. The molecule has 0 radical (unpaired) electrons. The Morgan fingerprint density at radius 1 is 0.510 bits per heavy atom. The molecule has 0 aliphatic carbocycles. The van der Waals surface area contributed by atoms with Gasteiger partial charge < -0.3 is 90.3 Å². The summed E-state index contributed by atoms with van der Waals surface area (Å²) in [5, 5.41) is 53.1. The molecule has 6 aromatic rings. The number of aliphatic carboxylic acids is 1. The molecule has 0 aliphatic rings. The van der Waals surface area contributed by atoms with E-state index in [-0.39, 0.29) is 69.1 Å². The predicted molar refractivity (Wildman–Crippen MR) is 361 cm³/mol. The zero-order valence-corrected chi connectivity index (χ0v) is 55.0. The maximum atomic E-state index is 14.5. The van der Waals surface area contributed by atoms with Crippen molar-refractivity contribution in [2.75, 3.05) is 13.6 Å². The van der Waals surface area contributed by atoms with E-state index in [1.54, 1.807) is 93.0 Å². The van der Waals surface area contributed by atoms with Gasteiger partial charge in [-0.15, -0.1) is 0 Å². The molecule has 0 aliphatic heterocycles. The molecule has 98 heavy (non-hydrogen) atoms. The molecule has 4 aromatic carbocycles. The van der Waals surface area contributed by atoms with Crippen molar-refractivity contribution in [3.63, 3.8) is 0 Å². The van der Waals surface area contributed by atoms with E-state index in [1.165, 1.54) is 26.1 Å². The first-order chi connectivity index (χ1) is 46.5. The summed E-state index contributed by atoms with van der Waals surface area (Å²) in [6.45, 7) is 7.19. The molecule has 2 aromatic heterocycles. The SMILES string of the molecule is CC(=O)O.CN=C(N)NCCCC(NC(=O)C(CC(C)C)NC(=O)NNC(=O)C(Cc1ccccc1)NC(=O)C(NC(=O)C(CC(N)=O)NC(=O)C(Cc1c[nH]c2ccccc12)NC(=O)C(Cc1ccc(O)cc1)NC(C)=O)C(C)O)C(=O)NC(Cc1c[nH]c2ccccc12)C(N)=O. The van der Waals surface area contributed by atoms with Crippen molar-refractivity contribution in [1.29, 1.82) is 0 Å². The van der Waals surface area contributed by atoms with Gasteiger partial charge in [0.2, 0.25) is 53.2 Å². The Bertz CT molecular complexity index is 3780. The quantitative estimate of drug-likeness (QED) is 0.0101. The largest absolute Gasteiger partial charge is 0.508 e. The van der Waals surface area contributed by atoms with Crippen LogP contribution in [0.2, 0.25) is 0 Å². The molecule has 0 fully saturated rings. The van der Waals surface area contributed by atoms with Crippen LogP contribution in [0.25, 0.3) is 21.8 Å². The second-order valence-electron chi connectivity index (χ2n) is 23.5. The average molecular weight is 1360 g/mol. The number of primary amides is 2. The molecule has 9 unspecified atom stereocenters. The van der Waals surface area contributed by atoms with Crippen molar-refractivity contribution in [1.82, 2.24) is 68.7 Å². The zero-order chi connectivity index (χ0) is 72.2.